The fourth-order valence-electron chi connectivity index (χ4n) is 2.77. The summed E-state index contributed by atoms with van der Waals surface area (Å²) >= 11 is 0. The van der Waals surface area contributed by atoms with Crippen molar-refractivity contribution in [3.05, 3.63) is 29.8 Å². The largest absolute Gasteiger partial charge is 0.378 e. The number of nitrogens with one attached hydrogen (secondary N) is 1. The quantitative estimate of drug-likeness (QED) is 0.876. The molecule has 2 rings (SSSR count). The molecule has 0 bridgehead atoms. The maximum Gasteiger partial charge on any atom is 0.0361 e. The average molecular weight is 261 g/mol. The molecule has 1 N–H and O–H groups in total. The van der Waals surface area contributed by atoms with E-state index in [0.29, 0.717) is 0 Å². The average Bonchev–Trinajstić information content (AvgIpc) is 2.39. The van der Waals surface area contributed by atoms with Crippen molar-refractivity contribution in [3.8, 4) is 0 Å². The Morgan fingerprint density at radius 1 is 1.26 bits per heavy atom. The van der Waals surface area contributed by atoms with E-state index in [1.54, 1.807) is 0 Å². The van der Waals surface area contributed by atoms with Crippen LogP contribution in [0.25, 0.3) is 0 Å². The third kappa shape index (κ3) is 4.51. The van der Waals surface area contributed by atoms with Gasteiger partial charge in [-0.25, -0.2) is 0 Å². The summed E-state index contributed by atoms with van der Waals surface area (Å²) in [4.78, 5) is 4.58. The zero-order valence-corrected chi connectivity index (χ0v) is 12.5. The molecule has 3 heteroatoms. The van der Waals surface area contributed by atoms with E-state index in [2.05, 4.69) is 60.5 Å². The summed E-state index contributed by atoms with van der Waals surface area (Å²) in [5, 5.41) is 3.60. The minimum atomic E-state index is 0.819. The van der Waals surface area contributed by atoms with E-state index >= 15 is 0 Å². The molecule has 1 aromatic rings. The summed E-state index contributed by atoms with van der Waals surface area (Å²) in [6, 6.07) is 8.81. The Bertz CT molecular complexity index is 372. The summed E-state index contributed by atoms with van der Waals surface area (Å²) in [6.07, 6.45) is 2.72. The first kappa shape index (κ1) is 14.4. The molecule has 0 aliphatic carbocycles. The van der Waals surface area contributed by atoms with Crippen LogP contribution in [0.1, 0.15) is 18.4 Å². The van der Waals surface area contributed by atoms with Gasteiger partial charge in [-0.05, 0) is 56.6 Å². The molecule has 1 unspecified atom stereocenters. The molecule has 0 spiro atoms. The maximum atomic E-state index is 3.60. The Morgan fingerprint density at radius 2 is 2.00 bits per heavy atom. The monoisotopic (exact) mass is 261 g/mol. The molecule has 1 aromatic carbocycles. The van der Waals surface area contributed by atoms with Crippen molar-refractivity contribution < 1.29 is 0 Å². The highest BCUT2D eigenvalue weighted by Crippen LogP contribution is 2.15. The van der Waals surface area contributed by atoms with E-state index in [4.69, 9.17) is 0 Å². The molecule has 3 nitrogen and oxygen atoms in total. The normalized spacial score (nSPS) is 20.5. The first-order chi connectivity index (χ1) is 9.15. The van der Waals surface area contributed by atoms with Crippen LogP contribution in [0.15, 0.2) is 24.3 Å². The van der Waals surface area contributed by atoms with Gasteiger partial charge in [0.15, 0.2) is 0 Å². The van der Waals surface area contributed by atoms with Crippen LogP contribution < -0.4 is 10.2 Å². The van der Waals surface area contributed by atoms with Gasteiger partial charge < -0.3 is 15.1 Å². The maximum absolute atomic E-state index is 3.60. The summed E-state index contributed by atoms with van der Waals surface area (Å²) in [6.45, 7) is 4.63. The van der Waals surface area contributed by atoms with Crippen molar-refractivity contribution in [2.24, 2.45) is 5.92 Å². The molecule has 0 amide bonds. The van der Waals surface area contributed by atoms with Gasteiger partial charge in [0.05, 0.1) is 0 Å². The van der Waals surface area contributed by atoms with Gasteiger partial charge in [-0.2, -0.15) is 0 Å². The zero-order chi connectivity index (χ0) is 13.7. The molecule has 1 heterocycles. The van der Waals surface area contributed by atoms with Crippen LogP contribution in [0, 0.1) is 5.92 Å². The molecule has 1 aliphatic rings. The summed E-state index contributed by atoms with van der Waals surface area (Å²) < 4.78 is 0. The highest BCUT2D eigenvalue weighted by atomic mass is 15.1. The molecular weight excluding hydrogens is 234 g/mol. The molecule has 1 saturated heterocycles. The first-order valence-corrected chi connectivity index (χ1v) is 7.30. The van der Waals surface area contributed by atoms with Gasteiger partial charge in [-0.3, -0.25) is 0 Å². The Hall–Kier alpha value is -1.06. The second-order valence-corrected chi connectivity index (χ2v) is 5.96. The van der Waals surface area contributed by atoms with Crippen LogP contribution in [0.3, 0.4) is 0 Å². The Labute approximate surface area is 117 Å². The highest BCUT2D eigenvalue weighted by molar-refractivity contribution is 5.45. The molecule has 1 fully saturated rings. The number of rotatable bonds is 5. The van der Waals surface area contributed by atoms with Crippen molar-refractivity contribution in [3.63, 3.8) is 0 Å². The number of piperidine rings is 1. The van der Waals surface area contributed by atoms with Crippen molar-refractivity contribution >= 4 is 5.69 Å². The minimum absolute atomic E-state index is 0.819. The molecular formula is C16H27N3. The lowest BCUT2D eigenvalue weighted by molar-refractivity contribution is 0.206. The van der Waals surface area contributed by atoms with Gasteiger partial charge in [0.2, 0.25) is 0 Å². The summed E-state index contributed by atoms with van der Waals surface area (Å²) in [5.41, 5.74) is 2.63. The van der Waals surface area contributed by atoms with Crippen molar-refractivity contribution in [1.82, 2.24) is 10.2 Å². The second kappa shape index (κ2) is 6.92. The lowest BCUT2D eigenvalue weighted by Crippen LogP contribution is -2.37. The van der Waals surface area contributed by atoms with Gasteiger partial charge >= 0.3 is 0 Å². The van der Waals surface area contributed by atoms with Crippen molar-refractivity contribution in [2.75, 3.05) is 45.7 Å². The first-order valence-electron chi connectivity index (χ1n) is 7.30. The van der Waals surface area contributed by atoms with Gasteiger partial charge in [0, 0.05) is 32.9 Å². The molecule has 0 aromatic heterocycles. The van der Waals surface area contributed by atoms with Crippen LogP contribution in [0.5, 0.6) is 0 Å². The van der Waals surface area contributed by atoms with Gasteiger partial charge in [0.25, 0.3) is 0 Å². The van der Waals surface area contributed by atoms with Crippen molar-refractivity contribution in [2.45, 2.75) is 19.4 Å². The lowest BCUT2D eigenvalue weighted by Gasteiger charge is -2.29. The molecule has 106 valence electrons. The Kier molecular flexibility index (Phi) is 5.23. The predicted molar refractivity (Wildman–Crippen MR) is 82.7 cm³/mol. The summed E-state index contributed by atoms with van der Waals surface area (Å²) in [5.74, 6) is 0.819. The number of hydrogen-bond acceptors (Lipinski definition) is 3. The van der Waals surface area contributed by atoms with E-state index in [0.717, 1.165) is 19.0 Å². The van der Waals surface area contributed by atoms with E-state index in [1.807, 2.05) is 0 Å². The Morgan fingerprint density at radius 3 is 2.63 bits per heavy atom. The van der Waals surface area contributed by atoms with Crippen LogP contribution in [-0.4, -0.2) is 45.7 Å². The smallest absolute Gasteiger partial charge is 0.0361 e. The number of anilines is 1. The number of hydrogen-bond donors (Lipinski definition) is 1. The standard InChI is InChI=1S/C16H27N3/c1-18(2)16-8-6-14(7-9-16)11-17-12-15-5-4-10-19(3)13-15/h6-9,15,17H,4-5,10-13H2,1-3H3. The van der Waals surface area contributed by atoms with Crippen molar-refractivity contribution in [1.29, 1.82) is 0 Å². The zero-order valence-electron chi connectivity index (χ0n) is 12.5. The van der Waals surface area contributed by atoms with E-state index in [9.17, 15) is 0 Å². The van der Waals surface area contributed by atoms with Crippen LogP contribution >= 0.6 is 0 Å². The minimum Gasteiger partial charge on any atom is -0.378 e. The van der Waals surface area contributed by atoms with Crippen LogP contribution in [-0.2, 0) is 6.54 Å². The second-order valence-electron chi connectivity index (χ2n) is 5.96. The molecule has 0 radical (unpaired) electrons. The predicted octanol–water partition coefficient (Wildman–Crippen LogP) is 2.18. The van der Waals surface area contributed by atoms with Crippen LogP contribution in [0.4, 0.5) is 5.69 Å². The van der Waals surface area contributed by atoms with Gasteiger partial charge in [-0.1, -0.05) is 12.1 Å². The van der Waals surface area contributed by atoms with Gasteiger partial charge in [0.1, 0.15) is 0 Å². The lowest BCUT2D eigenvalue weighted by atomic mass is 9.98. The topological polar surface area (TPSA) is 18.5 Å². The fourth-order valence-corrected chi connectivity index (χ4v) is 2.77. The number of nitrogens with zero attached hydrogens (tertiary/aromatic N) is 2. The van der Waals surface area contributed by atoms with Crippen LogP contribution in [0.2, 0.25) is 0 Å². The number of likely N-dealkylation sites (tertiary alicyclic amines) is 1. The van der Waals surface area contributed by atoms with E-state index in [1.165, 1.54) is 37.2 Å². The number of benzene rings is 1. The molecule has 0 saturated carbocycles. The third-order valence-corrected chi connectivity index (χ3v) is 3.94. The van der Waals surface area contributed by atoms with E-state index < -0.39 is 0 Å². The van der Waals surface area contributed by atoms with Gasteiger partial charge in [-0.15, -0.1) is 0 Å². The molecule has 19 heavy (non-hydrogen) atoms. The summed E-state index contributed by atoms with van der Waals surface area (Å²) in [7, 11) is 6.38. The SMILES string of the molecule is CN1CCCC(CNCc2ccc(N(C)C)cc2)C1. The highest BCUT2D eigenvalue weighted by Gasteiger charge is 2.16. The third-order valence-electron chi connectivity index (χ3n) is 3.94. The fraction of sp³-hybridized carbons (Fsp3) is 0.625. The Balaban J connectivity index is 1.73. The molecule has 1 atom stereocenters. The van der Waals surface area contributed by atoms with E-state index in [-0.39, 0.29) is 0 Å². The molecule has 1 aliphatic heterocycles.